The van der Waals surface area contributed by atoms with Crippen LogP contribution < -0.4 is 4.90 Å². The van der Waals surface area contributed by atoms with Crippen LogP contribution in [0.4, 0.5) is 5.82 Å². The lowest BCUT2D eigenvalue weighted by molar-refractivity contribution is -0.141. The molecule has 7 heteroatoms. The van der Waals surface area contributed by atoms with Crippen molar-refractivity contribution in [3.8, 4) is 0 Å². The fourth-order valence-corrected chi connectivity index (χ4v) is 5.00. The molecule has 3 fully saturated rings. The first kappa shape index (κ1) is 20.5. The Morgan fingerprint density at radius 2 is 1.86 bits per heavy atom. The van der Waals surface area contributed by atoms with Crippen LogP contribution in [0.2, 0.25) is 0 Å². The summed E-state index contributed by atoms with van der Waals surface area (Å²) in [5.74, 6) is 2.45. The Kier molecular flexibility index (Phi) is 6.65. The Bertz CT molecular complexity index is 698. The molecule has 160 valence electrons. The molecule has 1 atom stereocenters. The molecule has 1 amide bonds. The predicted octanol–water partition coefficient (Wildman–Crippen LogP) is 1.89. The first-order valence-corrected chi connectivity index (χ1v) is 11.3. The Hall–Kier alpha value is -1.73. The van der Waals surface area contributed by atoms with Gasteiger partial charge in [0.15, 0.2) is 0 Å². The first-order valence-electron chi connectivity index (χ1n) is 11.3. The Balaban J connectivity index is 1.32. The number of carbonyl (C=O) groups is 1. The van der Waals surface area contributed by atoms with Crippen molar-refractivity contribution in [3.05, 3.63) is 17.6 Å². The second-order valence-corrected chi connectivity index (χ2v) is 8.61. The van der Waals surface area contributed by atoms with E-state index in [1.165, 1.54) is 0 Å². The Labute approximate surface area is 174 Å². The number of amides is 1. The van der Waals surface area contributed by atoms with E-state index in [4.69, 9.17) is 4.74 Å². The highest BCUT2D eigenvalue weighted by Gasteiger charge is 2.34. The van der Waals surface area contributed by atoms with Gasteiger partial charge in [-0.1, -0.05) is 6.92 Å². The topological polar surface area (TPSA) is 61.8 Å². The number of nitrogens with zero attached hydrogens (tertiary/aromatic N) is 5. The molecular formula is C22H35N5O2. The van der Waals surface area contributed by atoms with E-state index in [9.17, 15) is 4.79 Å². The van der Waals surface area contributed by atoms with Crippen molar-refractivity contribution in [1.82, 2.24) is 19.8 Å². The number of rotatable bonds is 4. The first-order chi connectivity index (χ1) is 14.1. The maximum atomic E-state index is 12.9. The molecule has 0 N–H and O–H groups in total. The maximum absolute atomic E-state index is 12.9. The molecule has 4 heterocycles. The highest BCUT2D eigenvalue weighted by Crippen LogP contribution is 2.27. The van der Waals surface area contributed by atoms with Gasteiger partial charge in [-0.05, 0) is 45.6 Å². The summed E-state index contributed by atoms with van der Waals surface area (Å²) in [6.45, 7) is 11.1. The molecule has 1 aromatic heterocycles. The number of carbonyl (C=O) groups excluding carboxylic acids is 1. The largest absolute Gasteiger partial charge is 0.378 e. The van der Waals surface area contributed by atoms with Crippen LogP contribution >= 0.6 is 0 Å². The molecule has 7 nitrogen and oxygen atoms in total. The van der Waals surface area contributed by atoms with Gasteiger partial charge in [-0.3, -0.25) is 9.69 Å². The molecule has 0 aromatic carbocycles. The summed E-state index contributed by atoms with van der Waals surface area (Å²) in [6, 6.07) is 2.73. The van der Waals surface area contributed by atoms with Gasteiger partial charge in [-0.25, -0.2) is 9.97 Å². The lowest BCUT2D eigenvalue weighted by atomic mass is 9.92. The summed E-state index contributed by atoms with van der Waals surface area (Å²) in [7, 11) is 0. The van der Waals surface area contributed by atoms with Gasteiger partial charge in [0.2, 0.25) is 5.91 Å². The van der Waals surface area contributed by atoms with Gasteiger partial charge in [-0.15, -0.1) is 0 Å². The summed E-state index contributed by atoms with van der Waals surface area (Å²) in [6.07, 6.45) is 5.39. The molecule has 4 rings (SSSR count). The summed E-state index contributed by atoms with van der Waals surface area (Å²) < 4.78 is 5.40. The number of morpholine rings is 1. The average Bonchev–Trinajstić information content (AvgIpc) is 2.79. The number of hydrogen-bond acceptors (Lipinski definition) is 6. The number of ether oxygens (including phenoxy) is 1. The van der Waals surface area contributed by atoms with E-state index in [-0.39, 0.29) is 5.92 Å². The number of aromatic nitrogens is 2. The zero-order valence-electron chi connectivity index (χ0n) is 18.0. The summed E-state index contributed by atoms with van der Waals surface area (Å²) in [5, 5.41) is 0. The van der Waals surface area contributed by atoms with Gasteiger partial charge in [0.05, 0.1) is 19.1 Å². The third-order valence-electron chi connectivity index (χ3n) is 6.67. The second-order valence-electron chi connectivity index (χ2n) is 8.61. The molecule has 29 heavy (non-hydrogen) atoms. The number of anilines is 1. The normalized spacial score (nSPS) is 24.7. The fourth-order valence-electron chi connectivity index (χ4n) is 5.00. The van der Waals surface area contributed by atoms with Crippen LogP contribution in [0.25, 0.3) is 0 Å². The third-order valence-corrected chi connectivity index (χ3v) is 6.67. The molecule has 0 unspecified atom stereocenters. The van der Waals surface area contributed by atoms with Crippen LogP contribution in [0.1, 0.15) is 44.1 Å². The smallest absolute Gasteiger partial charge is 0.227 e. The summed E-state index contributed by atoms with van der Waals surface area (Å²) in [4.78, 5) is 29.1. The van der Waals surface area contributed by atoms with E-state index in [1.807, 2.05) is 11.8 Å². The third kappa shape index (κ3) is 4.89. The van der Waals surface area contributed by atoms with Crippen LogP contribution in [0, 0.1) is 12.8 Å². The standard InChI is InChI=1S/C22H35N5O2/c1-3-19-15-21(24-17(2)23-19)25-9-6-20(7-10-25)27-8-4-5-18(16-27)22(28)26-11-13-29-14-12-26/h15,18,20H,3-14,16H2,1-2H3/t18-/m0/s1. The van der Waals surface area contributed by atoms with Crippen LogP contribution in [0.15, 0.2) is 6.07 Å². The number of aryl methyl sites for hydroxylation is 2. The molecule has 0 spiro atoms. The van der Waals surface area contributed by atoms with Crippen molar-refractivity contribution in [2.45, 2.75) is 52.0 Å². The van der Waals surface area contributed by atoms with Gasteiger partial charge < -0.3 is 14.5 Å². The molecule has 0 aliphatic carbocycles. The minimum Gasteiger partial charge on any atom is -0.378 e. The van der Waals surface area contributed by atoms with Gasteiger partial charge in [0.25, 0.3) is 0 Å². The average molecular weight is 402 g/mol. The van der Waals surface area contributed by atoms with E-state index < -0.39 is 0 Å². The van der Waals surface area contributed by atoms with Gasteiger partial charge in [0.1, 0.15) is 11.6 Å². The van der Waals surface area contributed by atoms with E-state index in [2.05, 4.69) is 32.8 Å². The zero-order chi connectivity index (χ0) is 20.2. The molecule has 1 aromatic rings. The highest BCUT2D eigenvalue weighted by molar-refractivity contribution is 5.79. The minimum atomic E-state index is 0.163. The lowest BCUT2D eigenvalue weighted by Gasteiger charge is -2.43. The van der Waals surface area contributed by atoms with Crippen molar-refractivity contribution in [2.24, 2.45) is 5.92 Å². The lowest BCUT2D eigenvalue weighted by Crippen LogP contribution is -2.52. The minimum absolute atomic E-state index is 0.163. The van der Waals surface area contributed by atoms with Crippen molar-refractivity contribution >= 4 is 11.7 Å². The quantitative estimate of drug-likeness (QED) is 0.768. The maximum Gasteiger partial charge on any atom is 0.227 e. The number of likely N-dealkylation sites (tertiary alicyclic amines) is 1. The predicted molar refractivity (Wildman–Crippen MR) is 113 cm³/mol. The zero-order valence-corrected chi connectivity index (χ0v) is 18.0. The summed E-state index contributed by atoms with van der Waals surface area (Å²) in [5.41, 5.74) is 1.12. The fraction of sp³-hybridized carbons (Fsp3) is 0.773. The van der Waals surface area contributed by atoms with Crippen LogP contribution in [-0.2, 0) is 16.0 Å². The van der Waals surface area contributed by atoms with Crippen molar-refractivity contribution in [2.75, 3.05) is 57.4 Å². The van der Waals surface area contributed by atoms with Gasteiger partial charge in [0, 0.05) is 50.5 Å². The molecule has 0 radical (unpaired) electrons. The van der Waals surface area contributed by atoms with Crippen LogP contribution in [0.3, 0.4) is 0 Å². The molecule has 3 aliphatic heterocycles. The van der Waals surface area contributed by atoms with Crippen molar-refractivity contribution in [1.29, 1.82) is 0 Å². The van der Waals surface area contributed by atoms with E-state index in [0.29, 0.717) is 25.2 Å². The monoisotopic (exact) mass is 401 g/mol. The SMILES string of the molecule is CCc1cc(N2CCC(N3CCC[C@H](C(=O)N4CCOCC4)C3)CC2)nc(C)n1. The Morgan fingerprint density at radius 1 is 1.10 bits per heavy atom. The van der Waals surface area contributed by atoms with E-state index in [1.54, 1.807) is 0 Å². The molecule has 3 aliphatic rings. The van der Waals surface area contributed by atoms with Crippen molar-refractivity contribution in [3.63, 3.8) is 0 Å². The number of hydrogen-bond donors (Lipinski definition) is 0. The summed E-state index contributed by atoms with van der Waals surface area (Å²) >= 11 is 0. The number of piperidine rings is 2. The second kappa shape index (κ2) is 9.39. The molecule has 3 saturated heterocycles. The molecule has 0 saturated carbocycles. The highest BCUT2D eigenvalue weighted by atomic mass is 16.5. The van der Waals surface area contributed by atoms with Gasteiger partial charge >= 0.3 is 0 Å². The van der Waals surface area contributed by atoms with Crippen LogP contribution in [0.5, 0.6) is 0 Å². The Morgan fingerprint density at radius 3 is 2.59 bits per heavy atom. The molecular weight excluding hydrogens is 366 g/mol. The molecule has 0 bridgehead atoms. The van der Waals surface area contributed by atoms with Crippen molar-refractivity contribution < 1.29 is 9.53 Å². The van der Waals surface area contributed by atoms with Gasteiger partial charge in [-0.2, -0.15) is 0 Å². The van der Waals surface area contributed by atoms with Crippen LogP contribution in [-0.4, -0.2) is 84.2 Å². The van der Waals surface area contributed by atoms with E-state index >= 15 is 0 Å². The van der Waals surface area contributed by atoms with E-state index in [0.717, 1.165) is 88.7 Å².